The molecule has 0 atom stereocenters. The van der Waals surface area contributed by atoms with E-state index in [-0.39, 0.29) is 18.3 Å². The van der Waals surface area contributed by atoms with Crippen molar-refractivity contribution in [1.29, 1.82) is 0 Å². The van der Waals surface area contributed by atoms with Crippen LogP contribution in [0, 0.1) is 5.82 Å². The van der Waals surface area contributed by atoms with Crippen LogP contribution in [0.25, 0.3) is 10.9 Å². The van der Waals surface area contributed by atoms with Gasteiger partial charge in [0.2, 0.25) is 5.91 Å². The van der Waals surface area contributed by atoms with E-state index in [4.69, 9.17) is 0 Å². The molecule has 0 bridgehead atoms. The fourth-order valence-electron chi connectivity index (χ4n) is 2.94. The largest absolute Gasteiger partial charge is 0.345 e. The number of carbonyl (C=O) groups is 1. The van der Waals surface area contributed by atoms with Crippen LogP contribution in [-0.2, 0) is 11.8 Å². The Kier molecular flexibility index (Phi) is 3.37. The molecule has 0 saturated carbocycles. The van der Waals surface area contributed by atoms with Gasteiger partial charge in [-0.05, 0) is 18.2 Å². The summed E-state index contributed by atoms with van der Waals surface area (Å²) in [7, 11) is 1.81. The zero-order valence-corrected chi connectivity index (χ0v) is 13.1. The maximum Gasteiger partial charge on any atom is 0.246 e. The molecule has 0 unspecified atom stereocenters. The molecular weight excluding hydrogens is 311 g/mol. The minimum absolute atomic E-state index is 0.0441. The van der Waals surface area contributed by atoms with E-state index in [9.17, 15) is 9.18 Å². The first-order valence-electron chi connectivity index (χ1n) is 7.56. The average molecular weight is 326 g/mol. The summed E-state index contributed by atoms with van der Waals surface area (Å²) in [5, 5.41) is 4.71. The van der Waals surface area contributed by atoms with Crippen molar-refractivity contribution in [3.8, 4) is 0 Å². The minimum Gasteiger partial charge on any atom is -0.345 e. The molecule has 0 N–H and O–H groups in total. The van der Waals surface area contributed by atoms with Gasteiger partial charge in [-0.3, -0.25) is 9.48 Å². The lowest BCUT2D eigenvalue weighted by atomic mass is 10.2. The molecule has 1 aliphatic heterocycles. The van der Waals surface area contributed by atoms with Gasteiger partial charge >= 0.3 is 0 Å². The maximum absolute atomic E-state index is 13.6. The van der Waals surface area contributed by atoms with Gasteiger partial charge in [-0.2, -0.15) is 5.10 Å². The van der Waals surface area contributed by atoms with Gasteiger partial charge in [0.25, 0.3) is 0 Å². The summed E-state index contributed by atoms with van der Waals surface area (Å²) in [5.41, 5.74) is 1.43. The van der Waals surface area contributed by atoms with Crippen molar-refractivity contribution in [3.05, 3.63) is 42.7 Å². The average Bonchev–Trinajstić information content (AvgIpc) is 3.00. The summed E-state index contributed by atoms with van der Waals surface area (Å²) in [6, 6.07) is 4.39. The Labute approximate surface area is 137 Å². The normalized spacial score (nSPS) is 15.3. The second kappa shape index (κ2) is 5.55. The molecule has 8 heteroatoms. The van der Waals surface area contributed by atoms with Crippen molar-refractivity contribution >= 4 is 28.3 Å². The van der Waals surface area contributed by atoms with Gasteiger partial charge in [-0.1, -0.05) is 0 Å². The molecule has 1 fully saturated rings. The Morgan fingerprint density at radius 3 is 2.83 bits per heavy atom. The highest BCUT2D eigenvalue weighted by molar-refractivity contribution is 5.99. The molecule has 4 rings (SSSR count). The van der Waals surface area contributed by atoms with Crippen LogP contribution in [0.1, 0.15) is 0 Å². The van der Waals surface area contributed by atoms with E-state index in [1.165, 1.54) is 18.5 Å². The lowest BCUT2D eigenvalue weighted by molar-refractivity contribution is -0.117. The maximum atomic E-state index is 13.6. The molecule has 0 spiro atoms. The van der Waals surface area contributed by atoms with Crippen LogP contribution >= 0.6 is 0 Å². The van der Waals surface area contributed by atoms with Gasteiger partial charge in [-0.25, -0.2) is 14.4 Å². The van der Waals surface area contributed by atoms with Gasteiger partial charge in [-0.15, -0.1) is 0 Å². The van der Waals surface area contributed by atoms with Crippen molar-refractivity contribution in [1.82, 2.24) is 19.7 Å². The zero-order valence-electron chi connectivity index (χ0n) is 13.1. The highest BCUT2D eigenvalue weighted by atomic mass is 19.1. The van der Waals surface area contributed by atoms with Gasteiger partial charge in [0.05, 0.1) is 23.9 Å². The van der Waals surface area contributed by atoms with Crippen LogP contribution in [-0.4, -0.2) is 45.3 Å². The third-order valence-electron chi connectivity index (χ3n) is 4.10. The molecule has 1 aliphatic rings. The molecule has 3 heterocycles. The minimum atomic E-state index is -0.348. The van der Waals surface area contributed by atoms with Gasteiger partial charge in [0, 0.05) is 31.7 Å². The van der Waals surface area contributed by atoms with Crippen LogP contribution < -0.4 is 9.80 Å². The summed E-state index contributed by atoms with van der Waals surface area (Å²) in [6.07, 6.45) is 4.92. The number of carbonyl (C=O) groups excluding carboxylic acids is 1. The van der Waals surface area contributed by atoms with Gasteiger partial charge in [0.15, 0.2) is 0 Å². The van der Waals surface area contributed by atoms with Crippen molar-refractivity contribution in [3.63, 3.8) is 0 Å². The number of aryl methyl sites for hydroxylation is 1. The second-order valence-corrected chi connectivity index (χ2v) is 5.70. The van der Waals surface area contributed by atoms with Gasteiger partial charge < -0.3 is 9.80 Å². The summed E-state index contributed by atoms with van der Waals surface area (Å²) in [6.45, 7) is 1.30. The van der Waals surface area contributed by atoms with Crippen LogP contribution in [0.4, 0.5) is 15.9 Å². The van der Waals surface area contributed by atoms with Gasteiger partial charge in [0.1, 0.15) is 18.0 Å². The Morgan fingerprint density at radius 1 is 1.21 bits per heavy atom. The summed E-state index contributed by atoms with van der Waals surface area (Å²) < 4.78 is 15.3. The van der Waals surface area contributed by atoms with E-state index in [1.54, 1.807) is 21.8 Å². The predicted molar refractivity (Wildman–Crippen MR) is 87.3 cm³/mol. The Hall–Kier alpha value is -3.03. The number of piperazine rings is 1. The van der Waals surface area contributed by atoms with E-state index >= 15 is 0 Å². The van der Waals surface area contributed by atoms with Crippen LogP contribution in [0.2, 0.25) is 0 Å². The Balaban J connectivity index is 1.64. The SMILES string of the molecule is Cn1cc(N2CCN(c3ncnc4ccc(F)cc34)CC2=O)cn1. The molecule has 24 heavy (non-hydrogen) atoms. The lowest BCUT2D eigenvalue weighted by Gasteiger charge is -2.34. The monoisotopic (exact) mass is 326 g/mol. The number of amides is 1. The lowest BCUT2D eigenvalue weighted by Crippen LogP contribution is -2.50. The number of nitrogens with zero attached hydrogens (tertiary/aromatic N) is 6. The number of benzene rings is 1. The first-order chi connectivity index (χ1) is 11.6. The summed E-state index contributed by atoms with van der Waals surface area (Å²) >= 11 is 0. The van der Waals surface area contributed by atoms with E-state index in [0.717, 1.165) is 5.69 Å². The summed E-state index contributed by atoms with van der Waals surface area (Å²) in [5.74, 6) is 0.190. The van der Waals surface area contributed by atoms with E-state index in [0.29, 0.717) is 29.8 Å². The Morgan fingerprint density at radius 2 is 2.08 bits per heavy atom. The highest BCUT2D eigenvalue weighted by Gasteiger charge is 2.27. The molecular formula is C16H15FN6O. The number of aromatic nitrogens is 4. The Bertz CT molecular complexity index is 924. The number of hydrogen-bond acceptors (Lipinski definition) is 5. The highest BCUT2D eigenvalue weighted by Crippen LogP contribution is 2.26. The fraction of sp³-hybridized carbons (Fsp3) is 0.250. The third kappa shape index (κ3) is 2.45. The number of halogens is 1. The standard InChI is InChI=1S/C16H15FN6O/c1-21-8-12(7-20-21)23-5-4-22(9-15(23)24)16-13-6-11(17)2-3-14(13)18-10-19-16/h2-3,6-8,10H,4-5,9H2,1H3. The molecule has 1 aromatic carbocycles. The van der Waals surface area contributed by atoms with Crippen LogP contribution in [0.3, 0.4) is 0 Å². The predicted octanol–water partition coefficient (Wildman–Crippen LogP) is 1.36. The van der Waals surface area contributed by atoms with Crippen molar-refractivity contribution in [2.45, 2.75) is 0 Å². The van der Waals surface area contributed by atoms with E-state index < -0.39 is 0 Å². The third-order valence-corrected chi connectivity index (χ3v) is 4.10. The zero-order chi connectivity index (χ0) is 16.7. The van der Waals surface area contributed by atoms with Crippen molar-refractivity contribution in [2.75, 3.05) is 29.4 Å². The molecule has 1 saturated heterocycles. The van der Waals surface area contributed by atoms with Crippen molar-refractivity contribution in [2.24, 2.45) is 7.05 Å². The molecule has 7 nitrogen and oxygen atoms in total. The van der Waals surface area contributed by atoms with Crippen molar-refractivity contribution < 1.29 is 9.18 Å². The van der Waals surface area contributed by atoms with E-state index in [1.807, 2.05) is 18.1 Å². The number of rotatable bonds is 2. The number of hydrogen-bond donors (Lipinski definition) is 0. The van der Waals surface area contributed by atoms with E-state index in [2.05, 4.69) is 15.1 Å². The first-order valence-corrected chi connectivity index (χ1v) is 7.56. The molecule has 122 valence electrons. The van der Waals surface area contributed by atoms with Crippen LogP contribution in [0.5, 0.6) is 0 Å². The molecule has 3 aromatic rings. The topological polar surface area (TPSA) is 67.2 Å². The molecule has 1 amide bonds. The number of anilines is 2. The molecule has 0 aliphatic carbocycles. The second-order valence-electron chi connectivity index (χ2n) is 5.70. The number of fused-ring (bicyclic) bond motifs is 1. The smallest absolute Gasteiger partial charge is 0.246 e. The first kappa shape index (κ1) is 14.6. The quantitative estimate of drug-likeness (QED) is 0.711. The van der Waals surface area contributed by atoms with Crippen LogP contribution in [0.15, 0.2) is 36.9 Å². The fourth-order valence-corrected chi connectivity index (χ4v) is 2.94. The molecule has 0 radical (unpaired) electrons. The molecule has 2 aromatic heterocycles. The summed E-state index contributed by atoms with van der Waals surface area (Å²) in [4.78, 5) is 24.5.